The molecule has 3 heterocycles. The van der Waals surface area contributed by atoms with Gasteiger partial charge in [-0.25, -0.2) is 18.1 Å². The number of anilines is 1. The average molecular weight is 573 g/mol. The van der Waals surface area contributed by atoms with E-state index in [2.05, 4.69) is 44.0 Å². The summed E-state index contributed by atoms with van der Waals surface area (Å²) in [6.07, 6.45) is 1.49. The van der Waals surface area contributed by atoms with Crippen molar-refractivity contribution in [2.24, 2.45) is 4.99 Å². The minimum Gasteiger partial charge on any atom is -0.494 e. The Morgan fingerprint density at radius 3 is 2.37 bits per heavy atom. The lowest BCUT2D eigenvalue weighted by molar-refractivity contribution is 0.313. The van der Waals surface area contributed by atoms with Gasteiger partial charge in [-0.15, -0.1) is 0 Å². The van der Waals surface area contributed by atoms with Gasteiger partial charge in [-0.2, -0.15) is 0 Å². The van der Waals surface area contributed by atoms with E-state index in [1.807, 2.05) is 42.5 Å². The summed E-state index contributed by atoms with van der Waals surface area (Å²) in [6.45, 7) is 5.60. The van der Waals surface area contributed by atoms with Crippen LogP contribution in [0, 0.1) is 0 Å². The molecule has 2 fully saturated rings. The number of fused-ring (bicyclic) bond motifs is 1. The number of hydrogen-bond acceptors (Lipinski definition) is 7. The van der Waals surface area contributed by atoms with E-state index in [4.69, 9.17) is 4.99 Å². The van der Waals surface area contributed by atoms with Crippen LogP contribution in [0.3, 0.4) is 0 Å². The molecule has 3 aromatic carbocycles. The van der Waals surface area contributed by atoms with Crippen LogP contribution in [-0.4, -0.2) is 81.5 Å². The lowest BCUT2D eigenvalue weighted by Gasteiger charge is -2.34. The van der Waals surface area contributed by atoms with E-state index in [0.717, 1.165) is 69.0 Å². The van der Waals surface area contributed by atoms with Gasteiger partial charge >= 0.3 is 0 Å². The Hall–Kier alpha value is -3.70. The van der Waals surface area contributed by atoms with Gasteiger partial charge in [0.25, 0.3) is 0 Å². The lowest BCUT2D eigenvalue weighted by Crippen LogP contribution is -2.44. The summed E-state index contributed by atoms with van der Waals surface area (Å²) < 4.78 is 29.5. The number of nitrogens with zero attached hydrogens (tertiary/aromatic N) is 3. The Morgan fingerprint density at radius 1 is 0.951 bits per heavy atom. The van der Waals surface area contributed by atoms with Gasteiger partial charge in [0.15, 0.2) is 5.88 Å². The van der Waals surface area contributed by atoms with Crippen LogP contribution in [0.15, 0.2) is 82.7 Å². The van der Waals surface area contributed by atoms with Crippen LogP contribution in [0.4, 0.5) is 11.4 Å². The first-order chi connectivity index (χ1) is 19.9. The van der Waals surface area contributed by atoms with Crippen molar-refractivity contribution in [2.75, 3.05) is 51.2 Å². The molecule has 0 radical (unpaired) electrons. The molecule has 0 atom stereocenters. The van der Waals surface area contributed by atoms with Crippen molar-refractivity contribution in [3.63, 3.8) is 0 Å². The Morgan fingerprint density at radius 2 is 1.66 bits per heavy atom. The Balaban J connectivity index is 1.39. The van der Waals surface area contributed by atoms with Crippen molar-refractivity contribution in [3.05, 3.63) is 83.9 Å². The maximum atomic E-state index is 13.3. The molecule has 0 unspecified atom stereocenters. The van der Waals surface area contributed by atoms with Crippen LogP contribution in [0.1, 0.15) is 24.0 Å². The molecule has 0 aliphatic carbocycles. The molecule has 0 amide bonds. The highest BCUT2D eigenvalue weighted by Crippen LogP contribution is 2.33. The molecule has 9 nitrogen and oxygen atoms in total. The fourth-order valence-electron chi connectivity index (χ4n) is 5.58. The summed E-state index contributed by atoms with van der Waals surface area (Å²) in [4.78, 5) is 12.9. The van der Waals surface area contributed by atoms with Crippen LogP contribution >= 0.6 is 0 Å². The molecule has 41 heavy (non-hydrogen) atoms. The largest absolute Gasteiger partial charge is 0.494 e. The zero-order valence-corrected chi connectivity index (χ0v) is 24.0. The number of aromatic nitrogens is 1. The summed E-state index contributed by atoms with van der Waals surface area (Å²) in [5.74, 6) is -0.0579. The second-order valence-electron chi connectivity index (χ2n) is 10.8. The first-order valence-corrected chi connectivity index (χ1v) is 15.6. The van der Waals surface area contributed by atoms with E-state index in [-0.39, 0.29) is 16.8 Å². The Kier molecular flexibility index (Phi) is 7.81. The standard InChI is InChI=1S/C31H36N6O3S/c1-36-17-19-37(20-18-36)25-9-7-23(8-10-25)33-30(22-5-3-2-4-6-22)29-27-21-26(11-12-28(27)34-31(29)38)41(39,40)35-24-13-15-32-16-14-24/h2-12,21,24,32,34-35,38H,13-20H2,1H3. The van der Waals surface area contributed by atoms with Gasteiger partial charge in [-0.3, -0.25) is 0 Å². The van der Waals surface area contributed by atoms with Gasteiger partial charge in [-0.1, -0.05) is 30.3 Å². The predicted octanol–water partition coefficient (Wildman–Crippen LogP) is 3.82. The maximum Gasteiger partial charge on any atom is 0.240 e. The highest BCUT2D eigenvalue weighted by atomic mass is 32.2. The molecule has 2 aliphatic rings. The number of likely N-dealkylation sites (N-methyl/N-ethyl adjacent to an activating group) is 1. The molecule has 6 rings (SSSR count). The van der Waals surface area contributed by atoms with Gasteiger partial charge in [0.1, 0.15) is 0 Å². The average Bonchev–Trinajstić information content (AvgIpc) is 3.32. The number of rotatable bonds is 7. The van der Waals surface area contributed by atoms with Gasteiger partial charge in [0.2, 0.25) is 10.0 Å². The molecule has 0 bridgehead atoms. The molecule has 0 spiro atoms. The van der Waals surface area contributed by atoms with E-state index in [1.165, 1.54) is 0 Å². The van der Waals surface area contributed by atoms with E-state index in [9.17, 15) is 13.5 Å². The van der Waals surface area contributed by atoms with Crippen molar-refractivity contribution in [2.45, 2.75) is 23.8 Å². The molecule has 2 aliphatic heterocycles. The van der Waals surface area contributed by atoms with Crippen LogP contribution in [0.25, 0.3) is 10.9 Å². The smallest absolute Gasteiger partial charge is 0.240 e. The summed E-state index contributed by atoms with van der Waals surface area (Å²) in [5.41, 5.74) is 4.37. The number of benzene rings is 3. The number of sulfonamides is 1. The molecule has 2 saturated heterocycles. The SMILES string of the molecule is CN1CCN(c2ccc(N=C(c3ccccc3)c3c(O)[nH]c4ccc(S(=O)(=O)NC5CCNCC5)cc34)cc2)CC1. The fourth-order valence-corrected chi connectivity index (χ4v) is 6.91. The van der Waals surface area contributed by atoms with Crippen LogP contribution < -0.4 is 14.9 Å². The molecule has 4 aromatic rings. The van der Waals surface area contributed by atoms with Gasteiger partial charge in [-0.05, 0) is 75.4 Å². The minimum absolute atomic E-state index is 0.0579. The van der Waals surface area contributed by atoms with Gasteiger partial charge < -0.3 is 25.2 Å². The third kappa shape index (κ3) is 6.01. The number of piperazine rings is 1. The molecule has 4 N–H and O–H groups in total. The van der Waals surface area contributed by atoms with Gasteiger partial charge in [0.05, 0.1) is 21.9 Å². The zero-order chi connectivity index (χ0) is 28.4. The number of aromatic amines is 1. The van der Waals surface area contributed by atoms with E-state index in [1.54, 1.807) is 18.2 Å². The molecule has 214 valence electrons. The van der Waals surface area contributed by atoms with Crippen molar-refractivity contribution in [1.29, 1.82) is 0 Å². The number of aliphatic imine (C=N–C) groups is 1. The third-order valence-corrected chi connectivity index (χ3v) is 9.48. The first kappa shape index (κ1) is 27.5. The monoisotopic (exact) mass is 572 g/mol. The second kappa shape index (κ2) is 11.7. The van der Waals surface area contributed by atoms with Crippen molar-refractivity contribution in [3.8, 4) is 5.88 Å². The number of H-pyrrole nitrogens is 1. The predicted molar refractivity (Wildman–Crippen MR) is 164 cm³/mol. The maximum absolute atomic E-state index is 13.3. The fraction of sp³-hybridized carbons (Fsp3) is 0.323. The third-order valence-electron chi connectivity index (χ3n) is 7.96. The number of aromatic hydroxyl groups is 1. The number of hydrogen-bond donors (Lipinski definition) is 4. The summed E-state index contributed by atoms with van der Waals surface area (Å²) in [7, 11) is -1.61. The number of nitrogens with one attached hydrogen (secondary N) is 3. The zero-order valence-electron chi connectivity index (χ0n) is 23.2. The highest BCUT2D eigenvalue weighted by Gasteiger charge is 2.25. The van der Waals surface area contributed by atoms with Crippen molar-refractivity contribution in [1.82, 2.24) is 19.9 Å². The quantitative estimate of drug-likeness (QED) is 0.251. The summed E-state index contributed by atoms with van der Waals surface area (Å²) >= 11 is 0. The number of piperidine rings is 1. The van der Waals surface area contributed by atoms with E-state index < -0.39 is 10.0 Å². The van der Waals surface area contributed by atoms with Crippen LogP contribution in [-0.2, 0) is 10.0 Å². The molecule has 10 heteroatoms. The van der Waals surface area contributed by atoms with Crippen molar-refractivity contribution >= 4 is 38.0 Å². The lowest BCUT2D eigenvalue weighted by atomic mass is 10.0. The minimum atomic E-state index is -3.75. The van der Waals surface area contributed by atoms with Gasteiger partial charge in [0, 0.05) is 54.4 Å². The molecular formula is C31H36N6O3S. The van der Waals surface area contributed by atoms with Crippen molar-refractivity contribution < 1.29 is 13.5 Å². The second-order valence-corrected chi connectivity index (χ2v) is 12.5. The van der Waals surface area contributed by atoms with E-state index in [0.29, 0.717) is 22.2 Å². The summed E-state index contributed by atoms with van der Waals surface area (Å²) in [6, 6.07) is 22.6. The topological polar surface area (TPSA) is 113 Å². The van der Waals surface area contributed by atoms with Crippen LogP contribution in [0.5, 0.6) is 5.88 Å². The highest BCUT2D eigenvalue weighted by molar-refractivity contribution is 7.89. The first-order valence-electron chi connectivity index (χ1n) is 14.1. The van der Waals surface area contributed by atoms with E-state index >= 15 is 0 Å². The molecule has 1 aromatic heterocycles. The summed E-state index contributed by atoms with van der Waals surface area (Å²) in [5, 5.41) is 15.0. The van der Waals surface area contributed by atoms with Crippen LogP contribution in [0.2, 0.25) is 0 Å². The Labute approximate surface area is 241 Å². The Bertz CT molecular complexity index is 1640. The molecular weight excluding hydrogens is 536 g/mol. The molecule has 0 saturated carbocycles. The normalized spacial score (nSPS) is 17.8.